The van der Waals surface area contributed by atoms with Crippen molar-refractivity contribution in [2.45, 2.75) is 64.7 Å². The van der Waals surface area contributed by atoms with Gasteiger partial charge in [0, 0.05) is 0 Å². The topological polar surface area (TPSA) is 35.5 Å². The molecule has 1 aromatic rings. The molecular weight excluding hydrogens is 276 g/mol. The predicted octanol–water partition coefficient (Wildman–Crippen LogP) is 5.42. The fraction of sp³-hybridized carbons (Fsp3) is 0.632. The van der Waals surface area contributed by atoms with E-state index in [9.17, 15) is 4.79 Å². The average molecular weight is 306 g/mol. The van der Waals surface area contributed by atoms with Crippen LogP contribution >= 0.6 is 0 Å². The molecule has 0 atom stereocenters. The van der Waals surface area contributed by atoms with Gasteiger partial charge in [0.2, 0.25) is 0 Å². The zero-order chi connectivity index (χ0) is 16.0. The number of hydrogen-bond acceptors (Lipinski definition) is 3. The largest absolute Gasteiger partial charge is 0.497 e. The molecule has 0 spiro atoms. The summed E-state index contributed by atoms with van der Waals surface area (Å²) in [5.41, 5.74) is 0.551. The van der Waals surface area contributed by atoms with Gasteiger partial charge >= 0.3 is 0 Å². The first-order valence-corrected chi connectivity index (χ1v) is 8.57. The van der Waals surface area contributed by atoms with Crippen LogP contribution in [0.3, 0.4) is 0 Å². The molecule has 0 saturated carbocycles. The number of hydrogen-bond donors (Lipinski definition) is 0. The van der Waals surface area contributed by atoms with E-state index in [0.29, 0.717) is 23.7 Å². The quantitative estimate of drug-likeness (QED) is 0.361. The molecule has 0 aromatic heterocycles. The van der Waals surface area contributed by atoms with Crippen molar-refractivity contribution in [3.8, 4) is 11.5 Å². The summed E-state index contributed by atoms with van der Waals surface area (Å²) in [6.45, 7) is 2.92. The minimum atomic E-state index is 0.551. The highest BCUT2D eigenvalue weighted by molar-refractivity contribution is 5.80. The molecule has 0 bridgehead atoms. The predicted molar refractivity (Wildman–Crippen MR) is 91.1 cm³/mol. The van der Waals surface area contributed by atoms with Crippen LogP contribution < -0.4 is 9.47 Å². The Morgan fingerprint density at radius 2 is 1.59 bits per heavy atom. The molecule has 3 nitrogen and oxygen atoms in total. The van der Waals surface area contributed by atoms with E-state index >= 15 is 0 Å². The summed E-state index contributed by atoms with van der Waals surface area (Å²) in [6, 6.07) is 5.33. The van der Waals surface area contributed by atoms with Crippen molar-refractivity contribution in [2.24, 2.45) is 0 Å². The number of carbonyl (C=O) groups excluding carboxylic acids is 1. The molecule has 22 heavy (non-hydrogen) atoms. The molecule has 124 valence electrons. The lowest BCUT2D eigenvalue weighted by atomic mass is 10.1. The van der Waals surface area contributed by atoms with E-state index in [-0.39, 0.29) is 0 Å². The van der Waals surface area contributed by atoms with Crippen molar-refractivity contribution in [2.75, 3.05) is 13.7 Å². The normalized spacial score (nSPS) is 10.5. The monoisotopic (exact) mass is 306 g/mol. The Balaban J connectivity index is 2.11. The Morgan fingerprint density at radius 3 is 2.18 bits per heavy atom. The maximum atomic E-state index is 11.0. The van der Waals surface area contributed by atoms with Crippen LogP contribution in [-0.2, 0) is 0 Å². The van der Waals surface area contributed by atoms with Crippen LogP contribution in [-0.4, -0.2) is 20.0 Å². The molecule has 0 amide bonds. The number of methoxy groups -OCH3 is 1. The summed E-state index contributed by atoms with van der Waals surface area (Å²) in [6.07, 6.45) is 12.4. The van der Waals surface area contributed by atoms with Crippen molar-refractivity contribution in [1.82, 2.24) is 0 Å². The number of carbonyl (C=O) groups is 1. The van der Waals surface area contributed by atoms with Crippen molar-refractivity contribution < 1.29 is 14.3 Å². The summed E-state index contributed by atoms with van der Waals surface area (Å²) in [4.78, 5) is 11.0. The Bertz CT molecular complexity index is 415. The van der Waals surface area contributed by atoms with Crippen molar-refractivity contribution in [3.05, 3.63) is 23.8 Å². The van der Waals surface area contributed by atoms with Gasteiger partial charge in [-0.15, -0.1) is 0 Å². The van der Waals surface area contributed by atoms with Gasteiger partial charge in [-0.05, 0) is 24.6 Å². The maximum absolute atomic E-state index is 11.0. The van der Waals surface area contributed by atoms with E-state index in [1.54, 1.807) is 19.2 Å². The highest BCUT2D eigenvalue weighted by Gasteiger charge is 2.04. The molecule has 0 aliphatic heterocycles. The molecule has 1 aromatic carbocycles. The lowest BCUT2D eigenvalue weighted by molar-refractivity contribution is 0.111. The molecule has 0 N–H and O–H groups in total. The molecule has 0 radical (unpaired) electrons. The van der Waals surface area contributed by atoms with E-state index in [2.05, 4.69) is 6.92 Å². The Kier molecular flexibility index (Phi) is 10.2. The Morgan fingerprint density at radius 1 is 0.955 bits per heavy atom. The van der Waals surface area contributed by atoms with E-state index in [4.69, 9.17) is 9.47 Å². The molecule has 0 aliphatic rings. The summed E-state index contributed by atoms with van der Waals surface area (Å²) in [7, 11) is 1.59. The second-order valence-corrected chi connectivity index (χ2v) is 5.70. The van der Waals surface area contributed by atoms with Crippen LogP contribution in [0.25, 0.3) is 0 Å². The van der Waals surface area contributed by atoms with Crippen LogP contribution in [0.1, 0.15) is 75.1 Å². The van der Waals surface area contributed by atoms with E-state index < -0.39 is 0 Å². The number of aldehydes is 1. The standard InChI is InChI=1S/C19H30O3/c1-3-4-5-6-7-8-9-10-11-14-22-19-13-12-18(21-2)15-17(19)16-20/h12-13,15-16H,3-11,14H2,1-2H3. The van der Waals surface area contributed by atoms with Crippen LogP contribution in [0.2, 0.25) is 0 Å². The summed E-state index contributed by atoms with van der Waals surface area (Å²) >= 11 is 0. The lowest BCUT2D eigenvalue weighted by Gasteiger charge is -2.09. The SMILES string of the molecule is CCCCCCCCCCCOc1ccc(OC)cc1C=O. The van der Waals surface area contributed by atoms with Crippen LogP contribution in [0.15, 0.2) is 18.2 Å². The third kappa shape index (κ3) is 7.48. The van der Waals surface area contributed by atoms with Gasteiger partial charge in [-0.25, -0.2) is 0 Å². The van der Waals surface area contributed by atoms with Crippen molar-refractivity contribution in [1.29, 1.82) is 0 Å². The van der Waals surface area contributed by atoms with Crippen LogP contribution in [0.5, 0.6) is 11.5 Å². The summed E-state index contributed by atoms with van der Waals surface area (Å²) < 4.78 is 10.8. The first-order chi connectivity index (χ1) is 10.8. The van der Waals surface area contributed by atoms with Gasteiger partial charge in [-0.3, -0.25) is 4.79 Å². The lowest BCUT2D eigenvalue weighted by Crippen LogP contribution is -2.00. The fourth-order valence-electron chi connectivity index (χ4n) is 2.47. The molecule has 1 rings (SSSR count). The van der Waals surface area contributed by atoms with Gasteiger partial charge in [-0.1, -0.05) is 58.3 Å². The number of rotatable bonds is 13. The van der Waals surface area contributed by atoms with Gasteiger partial charge < -0.3 is 9.47 Å². The van der Waals surface area contributed by atoms with Gasteiger partial charge in [-0.2, -0.15) is 0 Å². The second kappa shape index (κ2) is 12.1. The average Bonchev–Trinajstić information content (AvgIpc) is 2.56. The first-order valence-electron chi connectivity index (χ1n) is 8.57. The fourth-order valence-corrected chi connectivity index (χ4v) is 2.47. The molecule has 0 fully saturated rings. The molecule has 0 saturated heterocycles. The molecule has 0 heterocycles. The zero-order valence-corrected chi connectivity index (χ0v) is 14.1. The summed E-state index contributed by atoms with van der Waals surface area (Å²) in [5, 5.41) is 0. The van der Waals surface area contributed by atoms with E-state index in [1.807, 2.05) is 6.07 Å². The number of benzene rings is 1. The Labute approximate surface area is 135 Å². The highest BCUT2D eigenvalue weighted by Crippen LogP contribution is 2.23. The van der Waals surface area contributed by atoms with Gasteiger partial charge in [0.05, 0.1) is 19.3 Å². The first kappa shape index (κ1) is 18.5. The minimum absolute atomic E-state index is 0.551. The molecule has 3 heteroatoms. The second-order valence-electron chi connectivity index (χ2n) is 5.70. The minimum Gasteiger partial charge on any atom is -0.497 e. The number of unbranched alkanes of at least 4 members (excludes halogenated alkanes) is 8. The van der Waals surface area contributed by atoms with Gasteiger partial charge in [0.1, 0.15) is 11.5 Å². The van der Waals surface area contributed by atoms with Crippen LogP contribution in [0.4, 0.5) is 0 Å². The van der Waals surface area contributed by atoms with Gasteiger partial charge in [0.15, 0.2) is 6.29 Å². The van der Waals surface area contributed by atoms with E-state index in [0.717, 1.165) is 12.7 Å². The summed E-state index contributed by atoms with van der Waals surface area (Å²) in [5.74, 6) is 1.33. The maximum Gasteiger partial charge on any atom is 0.153 e. The van der Waals surface area contributed by atoms with Crippen molar-refractivity contribution in [3.63, 3.8) is 0 Å². The Hall–Kier alpha value is -1.51. The molecule has 0 unspecified atom stereocenters. The highest BCUT2D eigenvalue weighted by atomic mass is 16.5. The van der Waals surface area contributed by atoms with Crippen LogP contribution in [0, 0.1) is 0 Å². The smallest absolute Gasteiger partial charge is 0.153 e. The molecule has 0 aliphatic carbocycles. The van der Waals surface area contributed by atoms with Crippen molar-refractivity contribution >= 4 is 6.29 Å². The zero-order valence-electron chi connectivity index (χ0n) is 14.1. The third-order valence-electron chi connectivity index (χ3n) is 3.85. The molecular formula is C19H30O3. The number of ether oxygens (including phenoxy) is 2. The third-order valence-corrected chi connectivity index (χ3v) is 3.85. The van der Waals surface area contributed by atoms with Gasteiger partial charge in [0.25, 0.3) is 0 Å². The van der Waals surface area contributed by atoms with E-state index in [1.165, 1.54) is 51.4 Å².